The molecule has 0 saturated heterocycles. The molecule has 6 nitrogen and oxygen atoms in total. The number of halogens is 1. The zero-order valence-electron chi connectivity index (χ0n) is 10.8. The van der Waals surface area contributed by atoms with E-state index in [2.05, 4.69) is 36.2 Å². The van der Waals surface area contributed by atoms with Crippen LogP contribution in [0.2, 0.25) is 0 Å². The Morgan fingerprint density at radius 2 is 2.16 bits per heavy atom. The summed E-state index contributed by atoms with van der Waals surface area (Å²) in [5.74, 6) is 6.54. The van der Waals surface area contributed by atoms with Crippen molar-refractivity contribution in [1.29, 1.82) is 0 Å². The third-order valence-corrected chi connectivity index (χ3v) is 4.04. The number of aromatic nitrogens is 2. The fourth-order valence-electron chi connectivity index (χ4n) is 2.59. The molecule has 1 aliphatic carbocycles. The van der Waals surface area contributed by atoms with Crippen LogP contribution < -0.4 is 16.2 Å². The Labute approximate surface area is 121 Å². The Balaban J connectivity index is 2.26. The second-order valence-electron chi connectivity index (χ2n) is 4.72. The molecule has 0 aliphatic heterocycles. The summed E-state index contributed by atoms with van der Waals surface area (Å²) in [5, 5.41) is 9.31. The van der Waals surface area contributed by atoms with Gasteiger partial charge >= 0.3 is 0 Å². The van der Waals surface area contributed by atoms with E-state index in [1.807, 2.05) is 0 Å². The summed E-state index contributed by atoms with van der Waals surface area (Å²) < 4.78 is 0.825. The molecule has 1 saturated carbocycles. The lowest BCUT2D eigenvalue weighted by atomic mass is 9.94. The fraction of sp³-hybridized carbons (Fsp3) is 0.667. The minimum Gasteiger partial charge on any atom is -0.395 e. The molecular weight excluding hydrogens is 310 g/mol. The Morgan fingerprint density at radius 1 is 1.42 bits per heavy atom. The van der Waals surface area contributed by atoms with E-state index in [4.69, 9.17) is 5.84 Å². The zero-order chi connectivity index (χ0) is 13.7. The van der Waals surface area contributed by atoms with Gasteiger partial charge in [0.1, 0.15) is 5.82 Å². The maximum atomic E-state index is 9.31. The van der Waals surface area contributed by atoms with Crippen LogP contribution in [-0.4, -0.2) is 34.3 Å². The molecule has 0 bridgehead atoms. The lowest BCUT2D eigenvalue weighted by Gasteiger charge is -2.35. The highest BCUT2D eigenvalue weighted by atomic mass is 79.9. The van der Waals surface area contributed by atoms with Crippen LogP contribution in [0.1, 0.15) is 32.1 Å². The van der Waals surface area contributed by atoms with Gasteiger partial charge in [-0.2, -0.15) is 4.98 Å². The van der Waals surface area contributed by atoms with Crippen molar-refractivity contribution in [2.45, 2.75) is 38.1 Å². The Kier molecular flexibility index (Phi) is 5.35. The van der Waals surface area contributed by atoms with E-state index in [1.54, 1.807) is 6.20 Å². The van der Waals surface area contributed by atoms with Crippen LogP contribution >= 0.6 is 15.9 Å². The van der Waals surface area contributed by atoms with Gasteiger partial charge in [0.25, 0.3) is 0 Å². The molecule has 0 spiro atoms. The molecule has 7 heteroatoms. The monoisotopic (exact) mass is 329 g/mol. The van der Waals surface area contributed by atoms with Crippen molar-refractivity contribution in [3.63, 3.8) is 0 Å². The first kappa shape index (κ1) is 14.5. The number of nitrogens with one attached hydrogen (secondary N) is 1. The molecule has 4 N–H and O–H groups in total. The van der Waals surface area contributed by atoms with E-state index in [0.717, 1.165) is 23.1 Å². The normalized spacial score (nSPS) is 16.4. The minimum atomic E-state index is 0.109. The van der Waals surface area contributed by atoms with Crippen molar-refractivity contribution >= 4 is 27.7 Å². The first-order valence-corrected chi connectivity index (χ1v) is 7.42. The summed E-state index contributed by atoms with van der Waals surface area (Å²) >= 11 is 3.48. The third kappa shape index (κ3) is 3.55. The Bertz CT molecular complexity index is 411. The molecule has 1 aliphatic rings. The molecule has 1 fully saturated rings. The van der Waals surface area contributed by atoms with Crippen molar-refractivity contribution in [3.05, 3.63) is 10.7 Å². The van der Waals surface area contributed by atoms with Gasteiger partial charge < -0.3 is 10.0 Å². The number of hydrogen-bond acceptors (Lipinski definition) is 6. The van der Waals surface area contributed by atoms with Crippen LogP contribution in [0.3, 0.4) is 0 Å². The van der Waals surface area contributed by atoms with Gasteiger partial charge in [0.05, 0.1) is 11.1 Å². The number of hydrazine groups is 1. The SMILES string of the molecule is NNc1ncc(Br)c(N(CCO)C2CCCCC2)n1. The first-order chi connectivity index (χ1) is 9.26. The van der Waals surface area contributed by atoms with E-state index >= 15 is 0 Å². The topological polar surface area (TPSA) is 87.3 Å². The van der Waals surface area contributed by atoms with E-state index in [1.165, 1.54) is 19.3 Å². The van der Waals surface area contributed by atoms with Gasteiger partial charge in [0.2, 0.25) is 5.95 Å². The number of nitrogen functional groups attached to an aromatic ring is 1. The van der Waals surface area contributed by atoms with Crippen LogP contribution in [0, 0.1) is 0 Å². The van der Waals surface area contributed by atoms with Crippen LogP contribution in [-0.2, 0) is 0 Å². The summed E-state index contributed by atoms with van der Waals surface area (Å²) in [4.78, 5) is 10.6. The lowest BCUT2D eigenvalue weighted by molar-refractivity contribution is 0.289. The predicted octanol–water partition coefficient (Wildman–Crippen LogP) is 1.66. The molecule has 2 rings (SSSR count). The quantitative estimate of drug-likeness (QED) is 0.562. The molecule has 0 amide bonds. The van der Waals surface area contributed by atoms with Gasteiger partial charge in [-0.3, -0.25) is 5.43 Å². The summed E-state index contributed by atoms with van der Waals surface area (Å²) in [6, 6.07) is 0.428. The highest BCUT2D eigenvalue weighted by Crippen LogP contribution is 2.30. The summed E-state index contributed by atoms with van der Waals surface area (Å²) in [6.07, 6.45) is 7.73. The van der Waals surface area contributed by atoms with Gasteiger partial charge in [-0.25, -0.2) is 10.8 Å². The van der Waals surface area contributed by atoms with E-state index in [9.17, 15) is 5.11 Å². The average Bonchev–Trinajstić information content (AvgIpc) is 2.47. The Hall–Kier alpha value is -0.920. The molecule has 19 heavy (non-hydrogen) atoms. The molecule has 0 radical (unpaired) electrons. The highest BCUT2D eigenvalue weighted by molar-refractivity contribution is 9.10. The average molecular weight is 330 g/mol. The van der Waals surface area contributed by atoms with Gasteiger partial charge in [-0.1, -0.05) is 19.3 Å². The van der Waals surface area contributed by atoms with E-state index < -0.39 is 0 Å². The Morgan fingerprint density at radius 3 is 2.79 bits per heavy atom. The molecule has 1 heterocycles. The van der Waals surface area contributed by atoms with Crippen molar-refractivity contribution in [3.8, 4) is 0 Å². The zero-order valence-corrected chi connectivity index (χ0v) is 12.4. The van der Waals surface area contributed by atoms with Crippen molar-refractivity contribution in [1.82, 2.24) is 9.97 Å². The van der Waals surface area contributed by atoms with Crippen molar-refractivity contribution in [2.75, 3.05) is 23.5 Å². The van der Waals surface area contributed by atoms with E-state index in [0.29, 0.717) is 18.5 Å². The van der Waals surface area contributed by atoms with Crippen LogP contribution in [0.15, 0.2) is 10.7 Å². The smallest absolute Gasteiger partial charge is 0.239 e. The molecule has 0 atom stereocenters. The minimum absolute atomic E-state index is 0.109. The van der Waals surface area contributed by atoms with Crippen LogP contribution in [0.5, 0.6) is 0 Å². The second kappa shape index (κ2) is 7.02. The standard InChI is InChI=1S/C12H20BrN5O/c13-10-8-15-12(17-14)16-11(10)18(6-7-19)9-4-2-1-3-5-9/h8-9,19H,1-7,14H2,(H,15,16,17). The lowest BCUT2D eigenvalue weighted by Crippen LogP contribution is -2.39. The number of hydrogen-bond donors (Lipinski definition) is 3. The largest absolute Gasteiger partial charge is 0.395 e. The van der Waals surface area contributed by atoms with Gasteiger partial charge in [0, 0.05) is 18.8 Å². The predicted molar refractivity (Wildman–Crippen MR) is 78.8 cm³/mol. The molecule has 1 aromatic heterocycles. The number of aliphatic hydroxyl groups is 1. The van der Waals surface area contributed by atoms with Crippen molar-refractivity contribution < 1.29 is 5.11 Å². The summed E-state index contributed by atoms with van der Waals surface area (Å²) in [7, 11) is 0. The van der Waals surface area contributed by atoms with E-state index in [-0.39, 0.29) is 6.61 Å². The van der Waals surface area contributed by atoms with Gasteiger partial charge in [0.15, 0.2) is 0 Å². The highest BCUT2D eigenvalue weighted by Gasteiger charge is 2.24. The molecule has 106 valence electrons. The first-order valence-electron chi connectivity index (χ1n) is 6.63. The molecule has 0 aromatic carbocycles. The van der Waals surface area contributed by atoms with Crippen LogP contribution in [0.25, 0.3) is 0 Å². The fourth-order valence-corrected chi connectivity index (χ4v) is 3.01. The summed E-state index contributed by atoms with van der Waals surface area (Å²) in [6.45, 7) is 0.683. The summed E-state index contributed by atoms with van der Waals surface area (Å²) in [5.41, 5.74) is 2.46. The van der Waals surface area contributed by atoms with Gasteiger partial charge in [-0.15, -0.1) is 0 Å². The van der Waals surface area contributed by atoms with Crippen LogP contribution in [0.4, 0.5) is 11.8 Å². The number of nitrogens with two attached hydrogens (primary N) is 1. The maximum Gasteiger partial charge on any atom is 0.239 e. The number of rotatable bonds is 5. The number of anilines is 2. The molecule has 0 unspecified atom stereocenters. The maximum absolute atomic E-state index is 9.31. The molecule has 1 aromatic rings. The van der Waals surface area contributed by atoms with Gasteiger partial charge in [-0.05, 0) is 28.8 Å². The third-order valence-electron chi connectivity index (χ3n) is 3.48. The van der Waals surface area contributed by atoms with Crippen molar-refractivity contribution in [2.24, 2.45) is 5.84 Å². The second-order valence-corrected chi connectivity index (χ2v) is 5.57. The number of aliphatic hydroxyl groups excluding tert-OH is 1. The molecular formula is C12H20BrN5O. The number of nitrogens with zero attached hydrogens (tertiary/aromatic N) is 3.